The number of benzene rings is 2. The van der Waals surface area contributed by atoms with Crippen molar-refractivity contribution in [2.24, 2.45) is 0 Å². The number of nitrogens with zero attached hydrogens (tertiary/aromatic N) is 3. The van der Waals surface area contributed by atoms with Gasteiger partial charge in [-0.25, -0.2) is 14.4 Å². The van der Waals surface area contributed by atoms with Crippen molar-refractivity contribution in [1.29, 1.82) is 0 Å². The van der Waals surface area contributed by atoms with E-state index in [9.17, 15) is 19.2 Å². The molecule has 0 unspecified atom stereocenters. The topological polar surface area (TPSA) is 127 Å². The van der Waals surface area contributed by atoms with E-state index in [4.69, 9.17) is 14.2 Å². The van der Waals surface area contributed by atoms with Crippen LogP contribution in [0.5, 0.6) is 0 Å². The van der Waals surface area contributed by atoms with Crippen LogP contribution in [0.2, 0.25) is 0 Å². The number of likely N-dealkylation sites (N-methyl/N-ethyl adjacent to an activating group) is 2. The summed E-state index contributed by atoms with van der Waals surface area (Å²) in [6.07, 6.45) is 0.975. The first kappa shape index (κ1) is 30.6. The van der Waals surface area contributed by atoms with Gasteiger partial charge in [-0.3, -0.25) is 9.78 Å². The van der Waals surface area contributed by atoms with E-state index < -0.39 is 36.9 Å². The van der Waals surface area contributed by atoms with Gasteiger partial charge >= 0.3 is 18.2 Å². The standard InChI is InChI=1S/C30H34N4O7/c1-33(18-16-25-15-9-10-17-31-25)29(37)41-22-40-28(36)26(19-23-11-5-3-6-12-23)32-27(35)20-34(2)30(38)39-21-24-13-7-4-8-14-24/h3-15,17,26H,16,18-22H2,1-2H3,(H,32,35)/t26-/m0/s1. The summed E-state index contributed by atoms with van der Waals surface area (Å²) in [4.78, 5) is 56.9. The zero-order chi connectivity index (χ0) is 29.5. The average molecular weight is 563 g/mol. The number of nitrogens with one attached hydrogen (secondary N) is 1. The number of rotatable bonds is 13. The molecule has 0 bridgehead atoms. The molecule has 1 heterocycles. The van der Waals surface area contributed by atoms with E-state index in [1.165, 1.54) is 11.9 Å². The molecule has 216 valence electrons. The van der Waals surface area contributed by atoms with Crippen LogP contribution in [0, 0.1) is 0 Å². The number of carbonyl (C=O) groups is 4. The third-order valence-electron chi connectivity index (χ3n) is 5.92. The van der Waals surface area contributed by atoms with Crippen molar-refractivity contribution in [2.75, 3.05) is 34.0 Å². The van der Waals surface area contributed by atoms with Crippen LogP contribution in [0.4, 0.5) is 9.59 Å². The molecule has 41 heavy (non-hydrogen) atoms. The Hall–Kier alpha value is -4.93. The summed E-state index contributed by atoms with van der Waals surface area (Å²) >= 11 is 0. The van der Waals surface area contributed by atoms with Crippen molar-refractivity contribution in [2.45, 2.75) is 25.5 Å². The van der Waals surface area contributed by atoms with Crippen LogP contribution in [0.1, 0.15) is 16.8 Å². The first-order chi connectivity index (χ1) is 19.8. The van der Waals surface area contributed by atoms with Crippen molar-refractivity contribution in [3.63, 3.8) is 0 Å². The van der Waals surface area contributed by atoms with E-state index in [0.717, 1.165) is 21.7 Å². The maximum atomic E-state index is 12.9. The number of carbonyl (C=O) groups excluding carboxylic acids is 4. The van der Waals surface area contributed by atoms with Crippen molar-refractivity contribution in [1.82, 2.24) is 20.1 Å². The van der Waals surface area contributed by atoms with Gasteiger partial charge in [-0.15, -0.1) is 0 Å². The molecular formula is C30H34N4O7. The summed E-state index contributed by atoms with van der Waals surface area (Å²) < 4.78 is 15.5. The summed E-state index contributed by atoms with van der Waals surface area (Å²) in [7, 11) is 2.98. The molecule has 1 aromatic heterocycles. The van der Waals surface area contributed by atoms with Gasteiger partial charge in [0.2, 0.25) is 12.7 Å². The van der Waals surface area contributed by atoms with Crippen molar-refractivity contribution in [3.05, 3.63) is 102 Å². The molecule has 0 aliphatic carbocycles. The molecule has 0 aliphatic heterocycles. The maximum absolute atomic E-state index is 12.9. The van der Waals surface area contributed by atoms with Gasteiger partial charge in [0.1, 0.15) is 19.2 Å². The molecule has 0 radical (unpaired) electrons. The van der Waals surface area contributed by atoms with Gasteiger partial charge in [-0.05, 0) is 23.3 Å². The van der Waals surface area contributed by atoms with Gasteiger partial charge in [-0.1, -0.05) is 66.7 Å². The molecule has 3 amide bonds. The minimum atomic E-state index is -1.08. The Morgan fingerprint density at radius 3 is 2.07 bits per heavy atom. The SMILES string of the molecule is CN(CCc1ccccn1)C(=O)OCOC(=O)[C@H](Cc1ccccc1)NC(=O)CN(C)C(=O)OCc1ccccc1. The van der Waals surface area contributed by atoms with Crippen LogP contribution in [-0.4, -0.2) is 78.9 Å². The van der Waals surface area contributed by atoms with Crippen molar-refractivity contribution in [3.8, 4) is 0 Å². The van der Waals surface area contributed by atoms with E-state index in [0.29, 0.717) is 13.0 Å². The Kier molecular flexibility index (Phi) is 12.1. The quantitative estimate of drug-likeness (QED) is 0.249. The Morgan fingerprint density at radius 2 is 1.41 bits per heavy atom. The molecule has 0 aliphatic rings. The Labute approximate surface area is 239 Å². The fourth-order valence-electron chi connectivity index (χ4n) is 3.66. The molecule has 0 spiro atoms. The number of pyridine rings is 1. The average Bonchev–Trinajstić information content (AvgIpc) is 2.99. The minimum Gasteiger partial charge on any atom is -0.445 e. The number of hydrogen-bond donors (Lipinski definition) is 1. The Balaban J connectivity index is 1.48. The third kappa shape index (κ3) is 11.0. The maximum Gasteiger partial charge on any atom is 0.412 e. The lowest BCUT2D eigenvalue weighted by atomic mass is 10.1. The lowest BCUT2D eigenvalue weighted by Gasteiger charge is -2.21. The molecule has 2 aromatic carbocycles. The fraction of sp³-hybridized carbons (Fsp3) is 0.300. The Bertz CT molecular complexity index is 1260. The summed E-state index contributed by atoms with van der Waals surface area (Å²) in [6, 6.07) is 22.6. The van der Waals surface area contributed by atoms with Gasteiger partial charge in [0.05, 0.1) is 0 Å². The number of ether oxygens (including phenoxy) is 3. The van der Waals surface area contributed by atoms with E-state index >= 15 is 0 Å². The van der Waals surface area contributed by atoms with Gasteiger partial charge in [0.25, 0.3) is 0 Å². The molecule has 1 atom stereocenters. The van der Waals surface area contributed by atoms with Crippen LogP contribution in [-0.2, 0) is 43.2 Å². The minimum absolute atomic E-state index is 0.0612. The van der Waals surface area contributed by atoms with Crippen molar-refractivity contribution >= 4 is 24.1 Å². The molecule has 0 saturated carbocycles. The van der Waals surface area contributed by atoms with E-state index in [1.807, 2.05) is 54.6 Å². The second kappa shape index (κ2) is 16.2. The summed E-state index contributed by atoms with van der Waals surface area (Å²) in [5, 5.41) is 2.60. The first-order valence-corrected chi connectivity index (χ1v) is 13.0. The zero-order valence-electron chi connectivity index (χ0n) is 23.1. The van der Waals surface area contributed by atoms with Crippen LogP contribution in [0.15, 0.2) is 85.1 Å². The molecular weight excluding hydrogens is 528 g/mol. The lowest BCUT2D eigenvalue weighted by molar-refractivity contribution is -0.156. The zero-order valence-corrected chi connectivity index (χ0v) is 23.1. The smallest absolute Gasteiger partial charge is 0.412 e. The summed E-state index contributed by atoms with van der Waals surface area (Å²) in [5.74, 6) is -1.38. The van der Waals surface area contributed by atoms with Gasteiger partial charge < -0.3 is 29.3 Å². The number of aromatic nitrogens is 1. The first-order valence-electron chi connectivity index (χ1n) is 13.0. The van der Waals surface area contributed by atoms with E-state index in [2.05, 4.69) is 10.3 Å². The van der Waals surface area contributed by atoms with Crippen LogP contribution in [0.3, 0.4) is 0 Å². The predicted octanol–water partition coefficient (Wildman–Crippen LogP) is 3.19. The second-order valence-corrected chi connectivity index (χ2v) is 9.19. The molecule has 11 heteroatoms. The molecule has 1 N–H and O–H groups in total. The highest BCUT2D eigenvalue weighted by Crippen LogP contribution is 2.07. The van der Waals surface area contributed by atoms with Crippen molar-refractivity contribution < 1.29 is 33.4 Å². The van der Waals surface area contributed by atoms with Crippen LogP contribution < -0.4 is 5.32 Å². The molecule has 11 nitrogen and oxygen atoms in total. The van der Waals surface area contributed by atoms with Crippen LogP contribution >= 0.6 is 0 Å². The molecule has 0 saturated heterocycles. The monoisotopic (exact) mass is 562 g/mol. The second-order valence-electron chi connectivity index (χ2n) is 9.19. The largest absolute Gasteiger partial charge is 0.445 e. The highest BCUT2D eigenvalue weighted by Gasteiger charge is 2.25. The van der Waals surface area contributed by atoms with E-state index in [-0.39, 0.29) is 19.6 Å². The predicted molar refractivity (Wildman–Crippen MR) is 149 cm³/mol. The highest BCUT2D eigenvalue weighted by molar-refractivity contribution is 5.87. The molecule has 0 fully saturated rings. The van der Waals surface area contributed by atoms with Gasteiger partial charge in [0.15, 0.2) is 0 Å². The highest BCUT2D eigenvalue weighted by atomic mass is 16.7. The summed E-state index contributed by atoms with van der Waals surface area (Å²) in [6.45, 7) is -0.551. The number of amides is 3. The molecule has 3 aromatic rings. The molecule has 3 rings (SSSR count). The number of hydrogen-bond acceptors (Lipinski definition) is 8. The number of esters is 1. The fourth-order valence-corrected chi connectivity index (χ4v) is 3.66. The lowest BCUT2D eigenvalue weighted by Crippen LogP contribution is -2.47. The normalized spacial score (nSPS) is 11.1. The van der Waals surface area contributed by atoms with Gasteiger partial charge in [-0.2, -0.15) is 0 Å². The summed E-state index contributed by atoms with van der Waals surface area (Å²) in [5.41, 5.74) is 2.41. The van der Waals surface area contributed by atoms with Crippen LogP contribution in [0.25, 0.3) is 0 Å². The van der Waals surface area contributed by atoms with E-state index in [1.54, 1.807) is 37.5 Å². The third-order valence-corrected chi connectivity index (χ3v) is 5.92. The Morgan fingerprint density at radius 1 is 0.780 bits per heavy atom. The van der Waals surface area contributed by atoms with Gasteiger partial charge in [0, 0.05) is 45.4 Å².